The van der Waals surface area contributed by atoms with E-state index in [0.29, 0.717) is 0 Å². The fraction of sp³-hybridized carbons (Fsp3) is 0.0625. The van der Waals surface area contributed by atoms with Gasteiger partial charge < -0.3 is 5.73 Å². The van der Waals surface area contributed by atoms with Crippen LogP contribution in [0, 0.1) is 0 Å². The molecular weight excluding hydrogens is 284 g/mol. The molecule has 2 nitrogen and oxygen atoms in total. The molecule has 1 aromatic heterocycles. The van der Waals surface area contributed by atoms with Crippen molar-refractivity contribution in [3.05, 3.63) is 65.0 Å². The van der Waals surface area contributed by atoms with Gasteiger partial charge in [0.15, 0.2) is 0 Å². The molecule has 1 heterocycles. The molecule has 0 fully saturated rings. The number of hydrogen-bond donors (Lipinski definition) is 1. The minimum absolute atomic E-state index is 0.801. The van der Waals surface area contributed by atoms with Gasteiger partial charge in [-0.1, -0.05) is 30.3 Å². The van der Waals surface area contributed by atoms with Crippen LogP contribution >= 0.6 is 23.1 Å². The SMILES string of the molecule is Nc1ccc(SCc2nc(-c3ccccc3)cs2)cc1. The van der Waals surface area contributed by atoms with E-state index < -0.39 is 0 Å². The highest BCUT2D eigenvalue weighted by molar-refractivity contribution is 7.98. The van der Waals surface area contributed by atoms with Crippen molar-refractivity contribution in [2.45, 2.75) is 10.6 Å². The topological polar surface area (TPSA) is 38.9 Å². The van der Waals surface area contributed by atoms with Gasteiger partial charge in [0.2, 0.25) is 0 Å². The fourth-order valence-electron chi connectivity index (χ4n) is 1.83. The summed E-state index contributed by atoms with van der Waals surface area (Å²) in [5.41, 5.74) is 8.72. The number of thiazole rings is 1. The molecule has 3 rings (SSSR count). The number of thioether (sulfide) groups is 1. The smallest absolute Gasteiger partial charge is 0.104 e. The van der Waals surface area contributed by atoms with Crippen LogP contribution in [0.25, 0.3) is 11.3 Å². The Morgan fingerprint density at radius 1 is 1.00 bits per heavy atom. The summed E-state index contributed by atoms with van der Waals surface area (Å²) in [5.74, 6) is 0.890. The van der Waals surface area contributed by atoms with E-state index in [1.54, 1.807) is 23.1 Å². The monoisotopic (exact) mass is 298 g/mol. The molecule has 0 aliphatic carbocycles. The minimum atomic E-state index is 0.801. The van der Waals surface area contributed by atoms with Gasteiger partial charge in [0, 0.05) is 21.5 Å². The number of hydrogen-bond acceptors (Lipinski definition) is 4. The van der Waals surface area contributed by atoms with Crippen molar-refractivity contribution in [3.63, 3.8) is 0 Å². The third kappa shape index (κ3) is 3.21. The Morgan fingerprint density at radius 2 is 1.75 bits per heavy atom. The lowest BCUT2D eigenvalue weighted by Crippen LogP contribution is -1.84. The van der Waals surface area contributed by atoms with E-state index in [1.165, 1.54) is 10.5 Å². The third-order valence-corrected chi connectivity index (χ3v) is 4.92. The molecule has 2 N–H and O–H groups in total. The van der Waals surface area contributed by atoms with Crippen LogP contribution in [0.15, 0.2) is 64.9 Å². The van der Waals surface area contributed by atoms with E-state index in [2.05, 4.69) is 22.5 Å². The lowest BCUT2D eigenvalue weighted by atomic mass is 10.2. The predicted molar refractivity (Wildman–Crippen MR) is 88.0 cm³/mol. The Bertz CT molecular complexity index is 675. The quantitative estimate of drug-likeness (QED) is 0.561. The number of nitrogens with two attached hydrogens (primary N) is 1. The molecule has 3 aromatic rings. The van der Waals surface area contributed by atoms with Crippen molar-refractivity contribution >= 4 is 28.8 Å². The van der Waals surface area contributed by atoms with Crippen molar-refractivity contribution < 1.29 is 0 Å². The Hall–Kier alpha value is -1.78. The number of nitrogen functional groups attached to an aromatic ring is 1. The molecule has 0 saturated heterocycles. The minimum Gasteiger partial charge on any atom is -0.399 e. The first-order valence-corrected chi connectivity index (χ1v) is 8.16. The van der Waals surface area contributed by atoms with Crippen molar-refractivity contribution in [2.24, 2.45) is 0 Å². The second kappa shape index (κ2) is 6.11. The number of rotatable bonds is 4. The van der Waals surface area contributed by atoms with Crippen LogP contribution < -0.4 is 5.73 Å². The zero-order valence-electron chi connectivity index (χ0n) is 10.8. The summed E-state index contributed by atoms with van der Waals surface area (Å²) in [5, 5.41) is 3.26. The van der Waals surface area contributed by atoms with Gasteiger partial charge in [-0.25, -0.2) is 4.98 Å². The molecule has 4 heteroatoms. The Balaban J connectivity index is 1.67. The molecule has 20 heavy (non-hydrogen) atoms. The van der Waals surface area contributed by atoms with Crippen LogP contribution in [-0.2, 0) is 5.75 Å². The van der Waals surface area contributed by atoms with Crippen LogP contribution in [0.2, 0.25) is 0 Å². The molecule has 0 radical (unpaired) electrons. The fourth-order valence-corrected chi connectivity index (χ4v) is 3.55. The van der Waals surface area contributed by atoms with Gasteiger partial charge in [-0.15, -0.1) is 23.1 Å². The van der Waals surface area contributed by atoms with Crippen LogP contribution in [-0.4, -0.2) is 4.98 Å². The van der Waals surface area contributed by atoms with E-state index >= 15 is 0 Å². The maximum atomic E-state index is 5.68. The van der Waals surface area contributed by atoms with E-state index in [4.69, 9.17) is 5.73 Å². The largest absolute Gasteiger partial charge is 0.399 e. The van der Waals surface area contributed by atoms with Gasteiger partial charge in [0.25, 0.3) is 0 Å². The third-order valence-electron chi connectivity index (χ3n) is 2.86. The molecule has 0 aliphatic heterocycles. The molecule has 100 valence electrons. The first-order valence-electron chi connectivity index (χ1n) is 6.29. The highest BCUT2D eigenvalue weighted by Gasteiger charge is 2.04. The number of benzene rings is 2. The summed E-state index contributed by atoms with van der Waals surface area (Å²) in [4.78, 5) is 5.90. The average Bonchev–Trinajstić information content (AvgIpc) is 2.97. The first-order chi connectivity index (χ1) is 9.81. The normalized spacial score (nSPS) is 10.6. The van der Waals surface area contributed by atoms with E-state index in [-0.39, 0.29) is 0 Å². The summed E-state index contributed by atoms with van der Waals surface area (Å²) in [6.07, 6.45) is 0. The first kappa shape index (κ1) is 13.2. The summed E-state index contributed by atoms with van der Waals surface area (Å²) < 4.78 is 0. The van der Waals surface area contributed by atoms with Gasteiger partial charge in [-0.05, 0) is 24.3 Å². The molecule has 0 aliphatic rings. The highest BCUT2D eigenvalue weighted by atomic mass is 32.2. The van der Waals surface area contributed by atoms with E-state index in [9.17, 15) is 0 Å². The number of nitrogens with zero attached hydrogens (tertiary/aromatic N) is 1. The van der Waals surface area contributed by atoms with Gasteiger partial charge in [0.05, 0.1) is 11.4 Å². The summed E-state index contributed by atoms with van der Waals surface area (Å²) >= 11 is 3.49. The Labute approximate surface area is 126 Å². The van der Waals surface area contributed by atoms with Gasteiger partial charge >= 0.3 is 0 Å². The van der Waals surface area contributed by atoms with Crippen molar-refractivity contribution in [2.75, 3.05) is 5.73 Å². The lowest BCUT2D eigenvalue weighted by molar-refractivity contribution is 1.26. The maximum absolute atomic E-state index is 5.68. The lowest BCUT2D eigenvalue weighted by Gasteiger charge is -1.99. The Morgan fingerprint density at radius 3 is 2.50 bits per heavy atom. The number of aromatic nitrogens is 1. The number of anilines is 1. The molecule has 0 spiro atoms. The molecule has 0 unspecified atom stereocenters. The summed E-state index contributed by atoms with van der Waals surface area (Å²) in [6.45, 7) is 0. The zero-order chi connectivity index (χ0) is 13.8. The molecule has 0 saturated carbocycles. The molecular formula is C16H14N2S2. The van der Waals surface area contributed by atoms with E-state index in [1.807, 2.05) is 42.5 Å². The van der Waals surface area contributed by atoms with Crippen molar-refractivity contribution in [1.29, 1.82) is 0 Å². The molecule has 0 atom stereocenters. The second-order valence-corrected chi connectivity index (χ2v) is 6.34. The molecule has 2 aromatic carbocycles. The summed E-state index contributed by atoms with van der Waals surface area (Å²) in [7, 11) is 0. The predicted octanol–water partition coefficient (Wildman–Crippen LogP) is 4.68. The van der Waals surface area contributed by atoms with Gasteiger partial charge in [-0.3, -0.25) is 0 Å². The van der Waals surface area contributed by atoms with Crippen LogP contribution in [0.3, 0.4) is 0 Å². The summed E-state index contributed by atoms with van der Waals surface area (Å²) in [6, 6.07) is 18.2. The van der Waals surface area contributed by atoms with Crippen molar-refractivity contribution in [1.82, 2.24) is 4.98 Å². The van der Waals surface area contributed by atoms with Crippen LogP contribution in [0.1, 0.15) is 5.01 Å². The van der Waals surface area contributed by atoms with Crippen LogP contribution in [0.5, 0.6) is 0 Å². The van der Waals surface area contributed by atoms with E-state index in [0.717, 1.165) is 22.1 Å². The average molecular weight is 298 g/mol. The van der Waals surface area contributed by atoms with Gasteiger partial charge in [-0.2, -0.15) is 0 Å². The second-order valence-electron chi connectivity index (χ2n) is 4.35. The van der Waals surface area contributed by atoms with Crippen LogP contribution in [0.4, 0.5) is 5.69 Å². The van der Waals surface area contributed by atoms with Gasteiger partial charge in [0.1, 0.15) is 5.01 Å². The standard InChI is InChI=1S/C16H14N2S2/c17-13-6-8-14(9-7-13)19-11-16-18-15(10-20-16)12-4-2-1-3-5-12/h1-10H,11,17H2. The maximum Gasteiger partial charge on any atom is 0.104 e. The molecule has 0 bridgehead atoms. The molecule has 0 amide bonds. The highest BCUT2D eigenvalue weighted by Crippen LogP contribution is 2.27. The Kier molecular flexibility index (Phi) is 4.04. The van der Waals surface area contributed by atoms with Crippen molar-refractivity contribution in [3.8, 4) is 11.3 Å². The zero-order valence-corrected chi connectivity index (χ0v) is 12.5.